The molecule has 0 aliphatic carbocycles. The lowest BCUT2D eigenvalue weighted by atomic mass is 10.1. The number of hydrogen-bond donors (Lipinski definition) is 0. The van der Waals surface area contributed by atoms with Crippen LogP contribution in [0.1, 0.15) is 6.92 Å². The van der Waals surface area contributed by atoms with Gasteiger partial charge in [-0.25, -0.2) is 0 Å². The zero-order valence-corrected chi connectivity index (χ0v) is 9.72. The fourth-order valence-electron chi connectivity index (χ4n) is 1.60. The number of pyridine rings is 1. The van der Waals surface area contributed by atoms with E-state index in [4.69, 9.17) is 0 Å². The predicted octanol–water partition coefficient (Wildman–Crippen LogP) is 3.20. The van der Waals surface area contributed by atoms with Crippen LogP contribution in [-0.4, -0.2) is 18.6 Å². The summed E-state index contributed by atoms with van der Waals surface area (Å²) in [6.45, 7) is 3.16. The molecule has 0 saturated heterocycles. The van der Waals surface area contributed by atoms with E-state index in [0.29, 0.717) is 0 Å². The molecule has 2 aromatic rings. The average Bonchev–Trinajstić information content (AvgIpc) is 2.39. The van der Waals surface area contributed by atoms with E-state index in [1.54, 1.807) is 0 Å². The molecule has 2 heteroatoms. The van der Waals surface area contributed by atoms with Crippen molar-refractivity contribution in [3.8, 4) is 11.3 Å². The molecule has 0 aliphatic rings. The van der Waals surface area contributed by atoms with E-state index in [0.717, 1.165) is 17.8 Å². The first kappa shape index (κ1) is 10.7. The minimum Gasteiger partial charge on any atom is -0.375 e. The molecule has 1 heterocycles. The van der Waals surface area contributed by atoms with Crippen molar-refractivity contribution < 1.29 is 0 Å². The standard InChI is InChI=1S/C14H16N2/c1-3-16(2)13-9-7-12(8-10-13)14-6-4-5-11-15-14/h4-11H,3H2,1-2H3. The first-order valence-electron chi connectivity index (χ1n) is 5.54. The molecule has 2 nitrogen and oxygen atoms in total. The minimum atomic E-state index is 1.02. The average molecular weight is 212 g/mol. The SMILES string of the molecule is CCN(C)c1ccc(-c2ccccn2)cc1. The van der Waals surface area contributed by atoms with Crippen molar-refractivity contribution in [2.24, 2.45) is 0 Å². The first-order valence-corrected chi connectivity index (χ1v) is 5.54. The molecule has 0 radical (unpaired) electrons. The van der Waals surface area contributed by atoms with Crippen molar-refractivity contribution in [3.05, 3.63) is 48.7 Å². The van der Waals surface area contributed by atoms with Crippen molar-refractivity contribution >= 4 is 5.69 Å². The molecule has 0 atom stereocenters. The Bertz CT molecular complexity index is 434. The van der Waals surface area contributed by atoms with Crippen molar-refractivity contribution in [2.75, 3.05) is 18.5 Å². The van der Waals surface area contributed by atoms with E-state index in [1.165, 1.54) is 5.69 Å². The van der Waals surface area contributed by atoms with Crippen molar-refractivity contribution in [3.63, 3.8) is 0 Å². The van der Waals surface area contributed by atoms with E-state index >= 15 is 0 Å². The van der Waals surface area contributed by atoms with Crippen molar-refractivity contribution in [1.29, 1.82) is 0 Å². The quantitative estimate of drug-likeness (QED) is 0.776. The van der Waals surface area contributed by atoms with Gasteiger partial charge in [0.25, 0.3) is 0 Å². The van der Waals surface area contributed by atoms with Gasteiger partial charge in [0.15, 0.2) is 0 Å². The lowest BCUT2D eigenvalue weighted by Crippen LogP contribution is -2.15. The number of hydrogen-bond acceptors (Lipinski definition) is 2. The maximum atomic E-state index is 4.33. The molecule has 0 N–H and O–H groups in total. The monoisotopic (exact) mass is 212 g/mol. The van der Waals surface area contributed by atoms with Gasteiger partial charge in [0.2, 0.25) is 0 Å². The van der Waals surface area contributed by atoms with E-state index in [2.05, 4.69) is 48.1 Å². The third kappa shape index (κ3) is 2.22. The Kier molecular flexibility index (Phi) is 3.20. The minimum absolute atomic E-state index is 1.02. The van der Waals surface area contributed by atoms with Gasteiger partial charge in [-0.1, -0.05) is 18.2 Å². The molecule has 1 aromatic heterocycles. The summed E-state index contributed by atoms with van der Waals surface area (Å²) in [7, 11) is 2.09. The third-order valence-electron chi connectivity index (χ3n) is 2.74. The fourth-order valence-corrected chi connectivity index (χ4v) is 1.60. The van der Waals surface area contributed by atoms with Gasteiger partial charge in [-0.3, -0.25) is 4.98 Å². The Morgan fingerprint density at radius 1 is 1.06 bits per heavy atom. The Hall–Kier alpha value is -1.83. The fraction of sp³-hybridized carbons (Fsp3) is 0.214. The van der Waals surface area contributed by atoms with Crippen LogP contribution in [0, 0.1) is 0 Å². The smallest absolute Gasteiger partial charge is 0.0701 e. The van der Waals surface area contributed by atoms with Crippen LogP contribution in [0.3, 0.4) is 0 Å². The van der Waals surface area contributed by atoms with Gasteiger partial charge in [-0.2, -0.15) is 0 Å². The summed E-state index contributed by atoms with van der Waals surface area (Å²) in [6, 6.07) is 14.5. The van der Waals surface area contributed by atoms with Gasteiger partial charge >= 0.3 is 0 Å². The number of anilines is 1. The van der Waals surface area contributed by atoms with E-state index in [1.807, 2.05) is 24.4 Å². The van der Waals surface area contributed by atoms with Crippen molar-refractivity contribution in [2.45, 2.75) is 6.92 Å². The second-order valence-corrected chi connectivity index (χ2v) is 3.78. The van der Waals surface area contributed by atoms with Gasteiger partial charge in [0, 0.05) is 31.0 Å². The summed E-state index contributed by atoms with van der Waals surface area (Å²) in [4.78, 5) is 6.54. The molecular weight excluding hydrogens is 196 g/mol. The van der Waals surface area contributed by atoms with E-state index < -0.39 is 0 Å². The molecule has 0 spiro atoms. The molecule has 0 unspecified atom stereocenters. The van der Waals surface area contributed by atoms with Gasteiger partial charge < -0.3 is 4.90 Å². The number of aromatic nitrogens is 1. The number of rotatable bonds is 3. The highest BCUT2D eigenvalue weighted by Crippen LogP contribution is 2.20. The van der Waals surface area contributed by atoms with Gasteiger partial charge in [-0.05, 0) is 31.2 Å². The summed E-state index contributed by atoms with van der Waals surface area (Å²) >= 11 is 0. The molecule has 82 valence electrons. The maximum Gasteiger partial charge on any atom is 0.0701 e. The molecule has 0 bridgehead atoms. The lowest BCUT2D eigenvalue weighted by molar-refractivity contribution is 0.968. The van der Waals surface area contributed by atoms with E-state index in [9.17, 15) is 0 Å². The number of benzene rings is 1. The molecule has 0 fully saturated rings. The van der Waals surface area contributed by atoms with Crippen LogP contribution in [0.2, 0.25) is 0 Å². The Morgan fingerprint density at radius 2 is 1.81 bits per heavy atom. The Balaban J connectivity index is 2.26. The highest BCUT2D eigenvalue weighted by Gasteiger charge is 2.00. The zero-order chi connectivity index (χ0) is 11.4. The number of nitrogens with zero attached hydrogens (tertiary/aromatic N) is 2. The van der Waals surface area contributed by atoms with Crippen LogP contribution >= 0.6 is 0 Å². The molecule has 2 rings (SSSR count). The highest BCUT2D eigenvalue weighted by molar-refractivity contribution is 5.62. The summed E-state index contributed by atoms with van der Waals surface area (Å²) in [5.41, 5.74) is 3.42. The second kappa shape index (κ2) is 4.79. The first-order chi connectivity index (χ1) is 7.81. The summed E-state index contributed by atoms with van der Waals surface area (Å²) in [6.07, 6.45) is 1.82. The van der Waals surface area contributed by atoms with Crippen LogP contribution in [-0.2, 0) is 0 Å². The summed E-state index contributed by atoms with van der Waals surface area (Å²) < 4.78 is 0. The molecule has 0 saturated carbocycles. The van der Waals surface area contributed by atoms with Crippen LogP contribution in [0.25, 0.3) is 11.3 Å². The van der Waals surface area contributed by atoms with Crippen LogP contribution in [0.5, 0.6) is 0 Å². The summed E-state index contributed by atoms with van der Waals surface area (Å²) in [5, 5.41) is 0. The molecule has 16 heavy (non-hydrogen) atoms. The van der Waals surface area contributed by atoms with Gasteiger partial charge in [0.1, 0.15) is 0 Å². The largest absolute Gasteiger partial charge is 0.375 e. The van der Waals surface area contributed by atoms with Crippen molar-refractivity contribution in [1.82, 2.24) is 4.98 Å². The zero-order valence-electron chi connectivity index (χ0n) is 9.72. The topological polar surface area (TPSA) is 16.1 Å². The second-order valence-electron chi connectivity index (χ2n) is 3.78. The Morgan fingerprint density at radius 3 is 2.38 bits per heavy atom. The van der Waals surface area contributed by atoms with Gasteiger partial charge in [-0.15, -0.1) is 0 Å². The van der Waals surface area contributed by atoms with Crippen LogP contribution in [0.15, 0.2) is 48.7 Å². The molecule has 0 amide bonds. The molecular formula is C14H16N2. The summed E-state index contributed by atoms with van der Waals surface area (Å²) in [5.74, 6) is 0. The lowest BCUT2D eigenvalue weighted by Gasteiger charge is -2.16. The van der Waals surface area contributed by atoms with Crippen LogP contribution in [0.4, 0.5) is 5.69 Å². The third-order valence-corrected chi connectivity index (χ3v) is 2.74. The highest BCUT2D eigenvalue weighted by atomic mass is 15.1. The normalized spacial score (nSPS) is 10.1. The maximum absolute atomic E-state index is 4.33. The van der Waals surface area contributed by atoms with Crippen LogP contribution < -0.4 is 4.90 Å². The molecule has 1 aromatic carbocycles. The van der Waals surface area contributed by atoms with E-state index in [-0.39, 0.29) is 0 Å². The molecule has 0 aliphatic heterocycles. The Labute approximate surface area is 96.6 Å². The predicted molar refractivity (Wildman–Crippen MR) is 68.6 cm³/mol. The van der Waals surface area contributed by atoms with Gasteiger partial charge in [0.05, 0.1) is 5.69 Å².